The zero-order valence-corrected chi connectivity index (χ0v) is 13.1. The van der Waals surface area contributed by atoms with Crippen LogP contribution in [-0.4, -0.2) is 19.0 Å². The van der Waals surface area contributed by atoms with Gasteiger partial charge in [0.1, 0.15) is 0 Å². The summed E-state index contributed by atoms with van der Waals surface area (Å²) in [4.78, 5) is 11.8. The Hall–Kier alpha value is -2.34. The minimum atomic E-state index is -4.42. The average molecular weight is 336 g/mol. The van der Waals surface area contributed by atoms with Crippen LogP contribution in [0, 0.1) is 0 Å². The number of hydrogen-bond acceptors (Lipinski definition) is 2. The van der Waals surface area contributed by atoms with E-state index in [2.05, 4.69) is 10.6 Å². The summed E-state index contributed by atoms with van der Waals surface area (Å²) in [6.07, 6.45) is -2.64. The first kappa shape index (κ1) is 18.0. The molecule has 2 N–H and O–H groups in total. The molecular weight excluding hydrogens is 317 g/mol. The van der Waals surface area contributed by atoms with Gasteiger partial charge in [0.25, 0.3) is 0 Å². The zero-order valence-electron chi connectivity index (χ0n) is 13.1. The lowest BCUT2D eigenvalue weighted by molar-refractivity contribution is -0.137. The average Bonchev–Trinajstić information content (AvgIpc) is 2.55. The predicted octanol–water partition coefficient (Wildman–Crippen LogP) is 3.87. The van der Waals surface area contributed by atoms with Gasteiger partial charge in [0.15, 0.2) is 0 Å². The Bertz CT molecular complexity index is 657. The second-order valence-electron chi connectivity index (χ2n) is 5.39. The summed E-state index contributed by atoms with van der Waals surface area (Å²) in [7, 11) is 0. The molecule has 0 saturated carbocycles. The Labute approximate surface area is 138 Å². The lowest BCUT2D eigenvalue weighted by atomic mass is 10.1. The minimum Gasteiger partial charge on any atom is -0.325 e. The lowest BCUT2D eigenvalue weighted by Crippen LogP contribution is -2.29. The molecule has 0 unspecified atom stereocenters. The van der Waals surface area contributed by atoms with Crippen LogP contribution in [0.25, 0.3) is 0 Å². The van der Waals surface area contributed by atoms with Crippen molar-refractivity contribution in [3.8, 4) is 0 Å². The van der Waals surface area contributed by atoms with Crippen LogP contribution in [0.3, 0.4) is 0 Å². The highest BCUT2D eigenvalue weighted by molar-refractivity contribution is 5.92. The van der Waals surface area contributed by atoms with Crippen LogP contribution < -0.4 is 10.6 Å². The van der Waals surface area contributed by atoms with Crippen molar-refractivity contribution < 1.29 is 18.0 Å². The number of rotatable bonds is 7. The highest BCUT2D eigenvalue weighted by Gasteiger charge is 2.30. The molecule has 0 bridgehead atoms. The monoisotopic (exact) mass is 336 g/mol. The summed E-state index contributed by atoms with van der Waals surface area (Å²) in [6.45, 7) is 0.718. The van der Waals surface area contributed by atoms with E-state index in [0.717, 1.165) is 25.0 Å². The van der Waals surface area contributed by atoms with E-state index in [4.69, 9.17) is 0 Å². The first-order valence-corrected chi connectivity index (χ1v) is 7.67. The highest BCUT2D eigenvalue weighted by atomic mass is 19.4. The van der Waals surface area contributed by atoms with Gasteiger partial charge in [-0.25, -0.2) is 0 Å². The Kier molecular flexibility index (Phi) is 6.37. The van der Waals surface area contributed by atoms with Gasteiger partial charge in [-0.05, 0) is 43.1 Å². The summed E-state index contributed by atoms with van der Waals surface area (Å²) in [5, 5.41) is 5.45. The van der Waals surface area contributed by atoms with Crippen molar-refractivity contribution >= 4 is 11.6 Å². The summed E-state index contributed by atoms with van der Waals surface area (Å²) in [5.74, 6) is -0.367. The first-order chi connectivity index (χ1) is 11.4. The summed E-state index contributed by atoms with van der Waals surface area (Å²) >= 11 is 0. The van der Waals surface area contributed by atoms with E-state index in [1.165, 1.54) is 17.7 Å². The summed E-state index contributed by atoms with van der Waals surface area (Å²) in [6, 6.07) is 14.6. The molecule has 0 spiro atoms. The van der Waals surface area contributed by atoms with Crippen LogP contribution in [0.5, 0.6) is 0 Å². The smallest absolute Gasteiger partial charge is 0.325 e. The molecule has 128 valence electrons. The van der Waals surface area contributed by atoms with Gasteiger partial charge in [0, 0.05) is 5.69 Å². The third-order valence-corrected chi connectivity index (χ3v) is 3.42. The Balaban J connectivity index is 1.70. The van der Waals surface area contributed by atoms with Gasteiger partial charge in [-0.2, -0.15) is 13.2 Å². The molecule has 6 heteroatoms. The van der Waals surface area contributed by atoms with Gasteiger partial charge in [-0.3, -0.25) is 4.79 Å². The molecule has 0 aromatic heterocycles. The van der Waals surface area contributed by atoms with Crippen molar-refractivity contribution in [3.05, 3.63) is 65.7 Å². The van der Waals surface area contributed by atoms with E-state index in [0.29, 0.717) is 6.54 Å². The highest BCUT2D eigenvalue weighted by Crippen LogP contribution is 2.30. The van der Waals surface area contributed by atoms with E-state index in [1.807, 2.05) is 30.3 Å². The zero-order chi connectivity index (χ0) is 17.4. The maximum atomic E-state index is 12.6. The second-order valence-corrected chi connectivity index (χ2v) is 5.39. The Morgan fingerprint density at radius 1 is 1.00 bits per heavy atom. The number of anilines is 1. The minimum absolute atomic E-state index is 0.0606. The molecule has 2 rings (SSSR count). The third-order valence-electron chi connectivity index (χ3n) is 3.42. The molecule has 0 aliphatic rings. The van der Waals surface area contributed by atoms with Crippen molar-refractivity contribution in [2.24, 2.45) is 0 Å². The molecule has 0 radical (unpaired) electrons. The molecule has 1 amide bonds. The molecule has 0 aliphatic carbocycles. The molecule has 24 heavy (non-hydrogen) atoms. The quantitative estimate of drug-likeness (QED) is 0.754. The van der Waals surface area contributed by atoms with Crippen LogP contribution >= 0.6 is 0 Å². The van der Waals surface area contributed by atoms with Crippen LogP contribution in [0.1, 0.15) is 17.5 Å². The number of alkyl halides is 3. The number of benzene rings is 2. The molecule has 2 aromatic carbocycles. The second kappa shape index (κ2) is 8.49. The molecule has 0 atom stereocenters. The van der Waals surface area contributed by atoms with E-state index >= 15 is 0 Å². The molecule has 0 fully saturated rings. The largest absolute Gasteiger partial charge is 0.416 e. The number of amides is 1. The Morgan fingerprint density at radius 3 is 2.46 bits per heavy atom. The fourth-order valence-corrected chi connectivity index (χ4v) is 2.24. The molecular formula is C18H19F3N2O. The molecule has 0 heterocycles. The molecule has 0 aliphatic heterocycles. The van der Waals surface area contributed by atoms with Gasteiger partial charge in [-0.1, -0.05) is 36.4 Å². The van der Waals surface area contributed by atoms with Crippen molar-refractivity contribution in [2.75, 3.05) is 18.4 Å². The van der Waals surface area contributed by atoms with Crippen molar-refractivity contribution in [3.63, 3.8) is 0 Å². The maximum absolute atomic E-state index is 12.6. The van der Waals surface area contributed by atoms with Gasteiger partial charge in [-0.15, -0.1) is 0 Å². The molecule has 2 aromatic rings. The fourth-order valence-electron chi connectivity index (χ4n) is 2.24. The van der Waals surface area contributed by atoms with Crippen LogP contribution in [0.4, 0.5) is 18.9 Å². The number of nitrogens with one attached hydrogen (secondary N) is 2. The van der Waals surface area contributed by atoms with E-state index in [9.17, 15) is 18.0 Å². The first-order valence-electron chi connectivity index (χ1n) is 7.67. The molecule has 3 nitrogen and oxygen atoms in total. The summed E-state index contributed by atoms with van der Waals surface area (Å²) < 4.78 is 37.8. The van der Waals surface area contributed by atoms with Crippen LogP contribution in [0.15, 0.2) is 54.6 Å². The van der Waals surface area contributed by atoms with Gasteiger partial charge in [0.2, 0.25) is 5.91 Å². The topological polar surface area (TPSA) is 41.1 Å². The SMILES string of the molecule is O=C(CNCCCc1ccccc1)Nc1cccc(C(F)(F)F)c1. The van der Waals surface area contributed by atoms with Crippen LogP contribution in [0.2, 0.25) is 0 Å². The Morgan fingerprint density at radius 2 is 1.75 bits per heavy atom. The fraction of sp³-hybridized carbons (Fsp3) is 0.278. The number of carbonyl (C=O) groups is 1. The van der Waals surface area contributed by atoms with Gasteiger partial charge in [0.05, 0.1) is 12.1 Å². The number of hydrogen-bond donors (Lipinski definition) is 2. The lowest BCUT2D eigenvalue weighted by Gasteiger charge is -2.10. The third kappa shape index (κ3) is 6.04. The normalized spacial score (nSPS) is 11.3. The van der Waals surface area contributed by atoms with E-state index < -0.39 is 11.7 Å². The van der Waals surface area contributed by atoms with Crippen molar-refractivity contribution in [2.45, 2.75) is 19.0 Å². The maximum Gasteiger partial charge on any atom is 0.416 e. The molecule has 0 saturated heterocycles. The standard InChI is InChI=1S/C18H19F3N2O/c19-18(20,21)15-9-4-10-16(12-15)23-17(24)13-22-11-5-8-14-6-2-1-3-7-14/h1-4,6-7,9-10,12,22H,5,8,11,13H2,(H,23,24). The van der Waals surface area contributed by atoms with Crippen molar-refractivity contribution in [1.82, 2.24) is 5.32 Å². The summed E-state index contributed by atoms with van der Waals surface area (Å²) in [5.41, 5.74) is 0.588. The van der Waals surface area contributed by atoms with E-state index in [1.54, 1.807) is 0 Å². The van der Waals surface area contributed by atoms with Crippen LogP contribution in [-0.2, 0) is 17.4 Å². The predicted molar refractivity (Wildman–Crippen MR) is 87.7 cm³/mol. The van der Waals surface area contributed by atoms with Gasteiger partial charge >= 0.3 is 6.18 Å². The van der Waals surface area contributed by atoms with Crippen molar-refractivity contribution in [1.29, 1.82) is 0 Å². The number of carbonyl (C=O) groups excluding carboxylic acids is 1. The van der Waals surface area contributed by atoms with E-state index in [-0.39, 0.29) is 18.1 Å². The number of halogens is 3. The van der Waals surface area contributed by atoms with Gasteiger partial charge < -0.3 is 10.6 Å². The number of aryl methyl sites for hydroxylation is 1.